The molecule has 1 amide bonds. The highest BCUT2D eigenvalue weighted by Gasteiger charge is 2.08. The lowest BCUT2D eigenvalue weighted by molar-refractivity contribution is 0.0946. The molecule has 0 fully saturated rings. The van der Waals surface area contributed by atoms with Crippen molar-refractivity contribution >= 4 is 11.9 Å². The molecule has 0 aliphatic heterocycles. The monoisotopic (exact) mass is 300 g/mol. The van der Waals surface area contributed by atoms with Gasteiger partial charge >= 0.3 is 0 Å². The van der Waals surface area contributed by atoms with E-state index in [1.165, 1.54) is 5.56 Å². The minimum Gasteiger partial charge on any atom is -0.383 e. The molecule has 0 saturated carbocycles. The molecule has 2 aromatic rings. The lowest BCUT2D eigenvalue weighted by atomic mass is 10.1. The average molecular weight is 300 g/mol. The standard InChI is InChI=1S/C16H20N4O2/c1-12-4-3-5-13(10-12)11-19-15(21)14-6-7-17-16(20-14)18-8-9-22-2/h3-7,10H,8-9,11H2,1-2H3,(H,19,21)(H,17,18,20). The number of anilines is 1. The largest absolute Gasteiger partial charge is 0.383 e. The summed E-state index contributed by atoms with van der Waals surface area (Å²) in [5, 5.41) is 5.85. The summed E-state index contributed by atoms with van der Waals surface area (Å²) in [7, 11) is 1.62. The van der Waals surface area contributed by atoms with Crippen molar-refractivity contribution in [3.63, 3.8) is 0 Å². The molecule has 1 aromatic carbocycles. The maximum absolute atomic E-state index is 12.1. The topological polar surface area (TPSA) is 76.1 Å². The third-order valence-corrected chi connectivity index (χ3v) is 3.01. The molecule has 0 radical (unpaired) electrons. The first-order valence-electron chi connectivity index (χ1n) is 7.08. The molecule has 116 valence electrons. The summed E-state index contributed by atoms with van der Waals surface area (Å²) in [6.07, 6.45) is 1.56. The molecule has 0 bridgehead atoms. The predicted molar refractivity (Wildman–Crippen MR) is 84.7 cm³/mol. The van der Waals surface area contributed by atoms with Crippen molar-refractivity contribution in [2.45, 2.75) is 13.5 Å². The summed E-state index contributed by atoms with van der Waals surface area (Å²) in [4.78, 5) is 20.4. The molecule has 6 heteroatoms. The molecule has 0 spiro atoms. The highest BCUT2D eigenvalue weighted by molar-refractivity contribution is 5.92. The molecule has 2 rings (SSSR count). The van der Waals surface area contributed by atoms with Gasteiger partial charge in [0.05, 0.1) is 6.61 Å². The molecule has 0 saturated heterocycles. The van der Waals surface area contributed by atoms with Crippen molar-refractivity contribution in [3.8, 4) is 0 Å². The fraction of sp³-hybridized carbons (Fsp3) is 0.312. The van der Waals surface area contributed by atoms with E-state index >= 15 is 0 Å². The fourth-order valence-electron chi connectivity index (χ4n) is 1.93. The number of methoxy groups -OCH3 is 1. The van der Waals surface area contributed by atoms with E-state index in [-0.39, 0.29) is 5.91 Å². The van der Waals surface area contributed by atoms with E-state index < -0.39 is 0 Å². The number of hydrogen-bond acceptors (Lipinski definition) is 5. The van der Waals surface area contributed by atoms with E-state index in [1.807, 2.05) is 31.2 Å². The second-order valence-electron chi connectivity index (χ2n) is 4.86. The second kappa shape index (κ2) is 8.09. The molecule has 2 N–H and O–H groups in total. The molecule has 1 aromatic heterocycles. The number of aromatic nitrogens is 2. The van der Waals surface area contributed by atoms with Gasteiger partial charge in [0.2, 0.25) is 5.95 Å². The van der Waals surface area contributed by atoms with Crippen LogP contribution in [0.2, 0.25) is 0 Å². The lowest BCUT2D eigenvalue weighted by Gasteiger charge is -2.07. The third kappa shape index (κ3) is 4.82. The Kier molecular flexibility index (Phi) is 5.85. The summed E-state index contributed by atoms with van der Waals surface area (Å²) < 4.78 is 4.94. The number of ether oxygens (including phenoxy) is 1. The fourth-order valence-corrected chi connectivity index (χ4v) is 1.93. The predicted octanol–water partition coefficient (Wildman–Crippen LogP) is 1.77. The first kappa shape index (κ1) is 15.9. The van der Waals surface area contributed by atoms with Gasteiger partial charge in [-0.3, -0.25) is 4.79 Å². The van der Waals surface area contributed by atoms with Gasteiger partial charge in [0.15, 0.2) is 0 Å². The molecular formula is C16H20N4O2. The number of nitrogens with zero attached hydrogens (tertiary/aromatic N) is 2. The summed E-state index contributed by atoms with van der Waals surface area (Å²) in [5.74, 6) is 0.193. The van der Waals surface area contributed by atoms with Crippen LogP contribution in [0.25, 0.3) is 0 Å². The van der Waals surface area contributed by atoms with Crippen LogP contribution in [-0.2, 0) is 11.3 Å². The lowest BCUT2D eigenvalue weighted by Crippen LogP contribution is -2.24. The number of hydrogen-bond donors (Lipinski definition) is 2. The Bertz CT molecular complexity index is 631. The Morgan fingerprint density at radius 3 is 2.95 bits per heavy atom. The first-order valence-corrected chi connectivity index (χ1v) is 7.08. The average Bonchev–Trinajstić information content (AvgIpc) is 2.53. The van der Waals surface area contributed by atoms with Crippen LogP contribution in [-0.4, -0.2) is 36.1 Å². The van der Waals surface area contributed by atoms with E-state index in [4.69, 9.17) is 4.74 Å². The Hall–Kier alpha value is -2.47. The molecule has 0 atom stereocenters. The van der Waals surface area contributed by atoms with Crippen LogP contribution in [0.1, 0.15) is 21.6 Å². The molecule has 6 nitrogen and oxygen atoms in total. The van der Waals surface area contributed by atoms with Crippen molar-refractivity contribution in [1.82, 2.24) is 15.3 Å². The Balaban J connectivity index is 1.93. The van der Waals surface area contributed by atoms with E-state index in [0.29, 0.717) is 31.3 Å². The molecule has 1 heterocycles. The van der Waals surface area contributed by atoms with Gasteiger partial charge in [-0.1, -0.05) is 29.8 Å². The number of carbonyl (C=O) groups excluding carboxylic acids is 1. The second-order valence-corrected chi connectivity index (χ2v) is 4.86. The van der Waals surface area contributed by atoms with Crippen LogP contribution in [0, 0.1) is 6.92 Å². The zero-order valence-electron chi connectivity index (χ0n) is 12.8. The number of nitrogens with one attached hydrogen (secondary N) is 2. The quantitative estimate of drug-likeness (QED) is 0.762. The number of amides is 1. The normalized spacial score (nSPS) is 10.3. The zero-order valence-corrected chi connectivity index (χ0v) is 12.8. The molecular weight excluding hydrogens is 280 g/mol. The van der Waals surface area contributed by atoms with Crippen LogP contribution in [0.15, 0.2) is 36.5 Å². The number of benzene rings is 1. The van der Waals surface area contributed by atoms with Gasteiger partial charge in [-0.25, -0.2) is 9.97 Å². The van der Waals surface area contributed by atoms with E-state index in [9.17, 15) is 4.79 Å². The van der Waals surface area contributed by atoms with Gasteiger partial charge < -0.3 is 15.4 Å². The summed E-state index contributed by atoms with van der Waals surface area (Å²) in [5.41, 5.74) is 2.56. The number of aryl methyl sites for hydroxylation is 1. The van der Waals surface area contributed by atoms with Crippen molar-refractivity contribution < 1.29 is 9.53 Å². The maximum atomic E-state index is 12.1. The van der Waals surface area contributed by atoms with Gasteiger partial charge in [-0.15, -0.1) is 0 Å². The van der Waals surface area contributed by atoms with Gasteiger partial charge in [0.25, 0.3) is 5.91 Å². The van der Waals surface area contributed by atoms with Crippen molar-refractivity contribution in [3.05, 3.63) is 53.3 Å². The van der Waals surface area contributed by atoms with Crippen molar-refractivity contribution in [1.29, 1.82) is 0 Å². The van der Waals surface area contributed by atoms with Gasteiger partial charge in [-0.05, 0) is 18.6 Å². The smallest absolute Gasteiger partial charge is 0.270 e. The van der Waals surface area contributed by atoms with Crippen molar-refractivity contribution in [2.24, 2.45) is 0 Å². The molecule has 22 heavy (non-hydrogen) atoms. The maximum Gasteiger partial charge on any atom is 0.270 e. The Morgan fingerprint density at radius 2 is 2.18 bits per heavy atom. The van der Waals surface area contributed by atoms with Gasteiger partial charge in [-0.2, -0.15) is 0 Å². The number of rotatable bonds is 7. The Labute approximate surface area is 129 Å². The van der Waals surface area contributed by atoms with Crippen LogP contribution in [0.5, 0.6) is 0 Å². The van der Waals surface area contributed by atoms with E-state index in [1.54, 1.807) is 19.4 Å². The van der Waals surface area contributed by atoms with E-state index in [0.717, 1.165) is 5.56 Å². The van der Waals surface area contributed by atoms with Gasteiger partial charge in [0, 0.05) is 26.4 Å². The molecule has 0 unspecified atom stereocenters. The highest BCUT2D eigenvalue weighted by atomic mass is 16.5. The summed E-state index contributed by atoms with van der Waals surface area (Å²) >= 11 is 0. The van der Waals surface area contributed by atoms with Crippen LogP contribution in [0.3, 0.4) is 0 Å². The molecule has 0 aliphatic rings. The van der Waals surface area contributed by atoms with Gasteiger partial charge in [0.1, 0.15) is 5.69 Å². The van der Waals surface area contributed by atoms with Crippen molar-refractivity contribution in [2.75, 3.05) is 25.6 Å². The minimum atomic E-state index is -0.223. The number of carbonyl (C=O) groups is 1. The third-order valence-electron chi connectivity index (χ3n) is 3.01. The SMILES string of the molecule is COCCNc1nccc(C(=O)NCc2cccc(C)c2)n1. The van der Waals surface area contributed by atoms with Crippen LogP contribution >= 0.6 is 0 Å². The zero-order chi connectivity index (χ0) is 15.8. The van der Waals surface area contributed by atoms with Crippen LogP contribution in [0.4, 0.5) is 5.95 Å². The Morgan fingerprint density at radius 1 is 1.32 bits per heavy atom. The summed E-state index contributed by atoms with van der Waals surface area (Å²) in [6, 6.07) is 9.60. The molecule has 0 aliphatic carbocycles. The van der Waals surface area contributed by atoms with Crippen LogP contribution < -0.4 is 10.6 Å². The van der Waals surface area contributed by atoms with E-state index in [2.05, 4.69) is 20.6 Å². The minimum absolute atomic E-state index is 0.223. The first-order chi connectivity index (χ1) is 10.7. The summed E-state index contributed by atoms with van der Waals surface area (Å²) in [6.45, 7) is 3.63. The highest BCUT2D eigenvalue weighted by Crippen LogP contribution is 2.05.